The van der Waals surface area contributed by atoms with Crippen LogP contribution in [0.15, 0.2) is 48.5 Å². The second kappa shape index (κ2) is 9.69. The molecule has 6 heteroatoms. The molecule has 1 fully saturated rings. The molecule has 2 N–H and O–H groups in total. The van der Waals surface area contributed by atoms with E-state index in [1.807, 2.05) is 48.5 Å². The van der Waals surface area contributed by atoms with Crippen molar-refractivity contribution < 1.29 is 14.4 Å². The molecular formula is C26H27N3O3. The zero-order valence-corrected chi connectivity index (χ0v) is 18.2. The maximum Gasteiger partial charge on any atom is 0.309 e. The van der Waals surface area contributed by atoms with E-state index in [0.717, 1.165) is 35.2 Å². The van der Waals surface area contributed by atoms with Gasteiger partial charge in [0.2, 0.25) is 5.91 Å². The normalized spacial score (nSPS) is 17.5. The summed E-state index contributed by atoms with van der Waals surface area (Å²) >= 11 is 0. The minimum Gasteiger partial charge on any atom is -0.348 e. The van der Waals surface area contributed by atoms with Gasteiger partial charge in [0.05, 0.1) is 0 Å². The fourth-order valence-electron chi connectivity index (χ4n) is 3.76. The number of hydrogen-bond donors (Lipinski definition) is 2. The van der Waals surface area contributed by atoms with Crippen molar-refractivity contribution in [2.24, 2.45) is 5.92 Å². The molecule has 1 unspecified atom stereocenters. The average molecular weight is 430 g/mol. The van der Waals surface area contributed by atoms with Gasteiger partial charge >= 0.3 is 11.8 Å². The summed E-state index contributed by atoms with van der Waals surface area (Å²) in [5.74, 6) is 5.19. The van der Waals surface area contributed by atoms with Gasteiger partial charge in [-0.2, -0.15) is 0 Å². The summed E-state index contributed by atoms with van der Waals surface area (Å²) in [6, 6.07) is 14.9. The Kier molecular flexibility index (Phi) is 6.55. The van der Waals surface area contributed by atoms with Gasteiger partial charge in [-0.3, -0.25) is 14.4 Å². The Labute approximate surface area is 188 Å². The topological polar surface area (TPSA) is 78.5 Å². The molecule has 0 radical (unpaired) electrons. The number of aryl methyl sites for hydroxylation is 1. The van der Waals surface area contributed by atoms with E-state index >= 15 is 0 Å². The van der Waals surface area contributed by atoms with Gasteiger partial charge in [0.25, 0.3) is 0 Å². The molecule has 3 amide bonds. The third kappa shape index (κ3) is 5.36. The smallest absolute Gasteiger partial charge is 0.309 e. The van der Waals surface area contributed by atoms with E-state index < -0.39 is 17.9 Å². The molecule has 1 aliphatic heterocycles. The highest BCUT2D eigenvalue weighted by Gasteiger charge is 2.30. The predicted molar refractivity (Wildman–Crippen MR) is 123 cm³/mol. The first kappa shape index (κ1) is 21.6. The molecule has 0 bridgehead atoms. The van der Waals surface area contributed by atoms with Crippen LogP contribution in [0, 0.1) is 17.8 Å². The first-order valence-corrected chi connectivity index (χ1v) is 11.1. The van der Waals surface area contributed by atoms with Crippen LogP contribution >= 0.6 is 0 Å². The number of fused-ring (bicyclic) bond motifs is 1. The number of benzene rings is 2. The Balaban J connectivity index is 1.35. The summed E-state index contributed by atoms with van der Waals surface area (Å²) in [5, 5.41) is 5.24. The molecule has 32 heavy (non-hydrogen) atoms. The second-order valence-corrected chi connectivity index (χ2v) is 8.34. The van der Waals surface area contributed by atoms with Crippen LogP contribution in [0.4, 0.5) is 5.69 Å². The summed E-state index contributed by atoms with van der Waals surface area (Å²) in [6.07, 6.45) is 4.02. The predicted octanol–water partition coefficient (Wildman–Crippen LogP) is 2.20. The largest absolute Gasteiger partial charge is 0.348 e. The molecule has 4 rings (SSSR count). The first-order chi connectivity index (χ1) is 15.5. The maximum absolute atomic E-state index is 13.0. The molecule has 1 saturated carbocycles. The van der Waals surface area contributed by atoms with Gasteiger partial charge in [0.1, 0.15) is 6.04 Å². The fraction of sp³-hybridized carbons (Fsp3) is 0.346. The van der Waals surface area contributed by atoms with Crippen LogP contribution in [0.2, 0.25) is 0 Å². The number of carbonyl (C=O) groups excluding carboxylic acids is 3. The third-order valence-electron chi connectivity index (χ3n) is 5.83. The van der Waals surface area contributed by atoms with Crippen LogP contribution in [0.1, 0.15) is 36.0 Å². The lowest BCUT2D eigenvalue weighted by molar-refractivity contribution is -0.140. The molecule has 164 valence electrons. The zero-order valence-electron chi connectivity index (χ0n) is 18.2. The van der Waals surface area contributed by atoms with Crippen LogP contribution in [-0.4, -0.2) is 37.4 Å². The Hall–Kier alpha value is -3.59. The summed E-state index contributed by atoms with van der Waals surface area (Å²) < 4.78 is 0. The highest BCUT2D eigenvalue weighted by molar-refractivity contribution is 6.35. The molecular weight excluding hydrogens is 402 g/mol. The first-order valence-electron chi connectivity index (χ1n) is 11.1. The van der Waals surface area contributed by atoms with Gasteiger partial charge in [-0.05, 0) is 55.4 Å². The molecule has 0 aromatic heterocycles. The van der Waals surface area contributed by atoms with Crippen molar-refractivity contribution in [3.63, 3.8) is 0 Å². The van der Waals surface area contributed by atoms with Crippen molar-refractivity contribution in [1.29, 1.82) is 0 Å². The third-order valence-corrected chi connectivity index (χ3v) is 5.83. The van der Waals surface area contributed by atoms with Gasteiger partial charge < -0.3 is 15.5 Å². The fourth-order valence-corrected chi connectivity index (χ4v) is 3.76. The Bertz CT molecular complexity index is 1080. The summed E-state index contributed by atoms with van der Waals surface area (Å²) in [4.78, 5) is 39.2. The molecule has 2 aliphatic rings. The monoisotopic (exact) mass is 429 g/mol. The Morgan fingerprint density at radius 1 is 1.06 bits per heavy atom. The van der Waals surface area contributed by atoms with E-state index in [9.17, 15) is 14.4 Å². The second-order valence-electron chi connectivity index (χ2n) is 8.34. The van der Waals surface area contributed by atoms with E-state index in [2.05, 4.69) is 22.5 Å². The van der Waals surface area contributed by atoms with Gasteiger partial charge in [0.15, 0.2) is 0 Å². The standard InChI is InChI=1S/C26H27N3O3/c1-29-23-17-20(10-9-19-7-8-19)11-12-21(23)13-14-22(26(29)32)28-25(31)24(30)27-16-15-18-5-3-2-4-6-18/h2-6,11-12,17,19,22H,7-8,13-16H2,1H3,(H,27,30)(H,28,31). The van der Waals surface area contributed by atoms with E-state index in [0.29, 0.717) is 31.7 Å². The number of rotatable bonds is 4. The van der Waals surface area contributed by atoms with E-state index in [4.69, 9.17) is 0 Å². The number of anilines is 1. The van der Waals surface area contributed by atoms with Gasteiger partial charge in [-0.25, -0.2) is 0 Å². The van der Waals surface area contributed by atoms with Crippen molar-refractivity contribution in [1.82, 2.24) is 10.6 Å². The lowest BCUT2D eigenvalue weighted by Crippen LogP contribution is -2.51. The highest BCUT2D eigenvalue weighted by atomic mass is 16.2. The molecule has 1 heterocycles. The number of likely N-dealkylation sites (N-methyl/N-ethyl adjacent to an activating group) is 1. The quantitative estimate of drug-likeness (QED) is 0.578. The van der Waals surface area contributed by atoms with Gasteiger partial charge in [-0.15, -0.1) is 0 Å². The summed E-state index contributed by atoms with van der Waals surface area (Å²) in [5.41, 5.74) is 3.80. The SMILES string of the molecule is CN1C(=O)C(NC(=O)C(=O)NCCc2ccccc2)CCc2ccc(C#CC3CC3)cc21. The summed E-state index contributed by atoms with van der Waals surface area (Å²) in [6.45, 7) is 0.352. The van der Waals surface area contributed by atoms with Crippen LogP contribution in [0.25, 0.3) is 0 Å². The van der Waals surface area contributed by atoms with Crippen LogP contribution in [-0.2, 0) is 27.2 Å². The summed E-state index contributed by atoms with van der Waals surface area (Å²) in [7, 11) is 1.70. The van der Waals surface area contributed by atoms with Crippen molar-refractivity contribution in [2.45, 2.75) is 38.1 Å². The van der Waals surface area contributed by atoms with Gasteiger partial charge in [-0.1, -0.05) is 48.2 Å². The lowest BCUT2D eigenvalue weighted by atomic mass is 10.0. The van der Waals surface area contributed by atoms with E-state index in [1.165, 1.54) is 0 Å². The number of hydrogen-bond acceptors (Lipinski definition) is 3. The molecule has 1 aliphatic carbocycles. The Morgan fingerprint density at radius 2 is 1.84 bits per heavy atom. The van der Waals surface area contributed by atoms with E-state index in [1.54, 1.807) is 11.9 Å². The molecule has 2 aromatic carbocycles. The molecule has 1 atom stereocenters. The minimum atomic E-state index is -0.785. The maximum atomic E-state index is 13.0. The van der Waals surface area contributed by atoms with Crippen molar-refractivity contribution >= 4 is 23.4 Å². The number of nitrogens with one attached hydrogen (secondary N) is 2. The molecule has 2 aromatic rings. The lowest BCUT2D eigenvalue weighted by Gasteiger charge is -2.22. The number of carbonyl (C=O) groups is 3. The van der Waals surface area contributed by atoms with Gasteiger partial charge in [0, 0.05) is 30.8 Å². The molecule has 6 nitrogen and oxygen atoms in total. The van der Waals surface area contributed by atoms with Crippen LogP contribution in [0.3, 0.4) is 0 Å². The van der Waals surface area contributed by atoms with E-state index in [-0.39, 0.29) is 5.91 Å². The van der Waals surface area contributed by atoms with Crippen LogP contribution in [0.5, 0.6) is 0 Å². The molecule has 0 saturated heterocycles. The number of nitrogens with zero attached hydrogens (tertiary/aromatic N) is 1. The molecule has 0 spiro atoms. The van der Waals surface area contributed by atoms with Crippen LogP contribution < -0.4 is 15.5 Å². The minimum absolute atomic E-state index is 0.235. The highest BCUT2D eigenvalue weighted by Crippen LogP contribution is 2.29. The number of amides is 3. The van der Waals surface area contributed by atoms with Crippen molar-refractivity contribution in [3.05, 3.63) is 65.2 Å². The zero-order chi connectivity index (χ0) is 22.5. The average Bonchev–Trinajstić information content (AvgIpc) is 3.65. The Morgan fingerprint density at radius 3 is 2.59 bits per heavy atom. The van der Waals surface area contributed by atoms with Crippen molar-refractivity contribution in [2.75, 3.05) is 18.5 Å². The van der Waals surface area contributed by atoms with Crippen molar-refractivity contribution in [3.8, 4) is 11.8 Å².